The standard InChI is InChI=1S/C20H33NOS/c1-5-7-9-14-18(16-21(3)4)19(22)15-20(23-6-2)17-12-10-8-11-13-17/h8,10-13,18,20H,5-7,9,14-16H2,1-4H3/t18-,20+/m0/s1. The van der Waals surface area contributed by atoms with Crippen LogP contribution >= 0.6 is 11.8 Å². The molecule has 0 aliphatic heterocycles. The second-order valence-electron chi connectivity index (χ2n) is 6.48. The van der Waals surface area contributed by atoms with Crippen LogP contribution in [0.3, 0.4) is 0 Å². The lowest BCUT2D eigenvalue weighted by Gasteiger charge is -2.23. The summed E-state index contributed by atoms with van der Waals surface area (Å²) >= 11 is 1.89. The van der Waals surface area contributed by atoms with Crippen molar-refractivity contribution in [2.75, 3.05) is 26.4 Å². The van der Waals surface area contributed by atoms with Crippen LogP contribution in [0.15, 0.2) is 30.3 Å². The number of nitrogens with zero attached hydrogens (tertiary/aromatic N) is 1. The molecule has 0 spiro atoms. The number of rotatable bonds is 12. The SMILES string of the molecule is CCCCC[C@@H](CN(C)C)C(=O)C[C@@H](SCC)c1ccccc1. The molecule has 0 heterocycles. The van der Waals surface area contributed by atoms with Gasteiger partial charge in [0.25, 0.3) is 0 Å². The number of thioether (sulfide) groups is 1. The van der Waals surface area contributed by atoms with Crippen molar-refractivity contribution >= 4 is 17.5 Å². The van der Waals surface area contributed by atoms with Crippen LogP contribution in [0.4, 0.5) is 0 Å². The monoisotopic (exact) mass is 335 g/mol. The predicted molar refractivity (Wildman–Crippen MR) is 103 cm³/mol. The van der Waals surface area contributed by atoms with Crippen molar-refractivity contribution in [2.24, 2.45) is 5.92 Å². The zero-order valence-electron chi connectivity index (χ0n) is 15.3. The normalized spacial score (nSPS) is 14.0. The van der Waals surface area contributed by atoms with Gasteiger partial charge in [0.05, 0.1) is 0 Å². The van der Waals surface area contributed by atoms with Crippen LogP contribution in [-0.4, -0.2) is 37.1 Å². The van der Waals surface area contributed by atoms with E-state index < -0.39 is 0 Å². The minimum atomic E-state index is 0.181. The molecule has 0 unspecified atom stereocenters. The summed E-state index contributed by atoms with van der Waals surface area (Å²) in [5.74, 6) is 1.66. The summed E-state index contributed by atoms with van der Waals surface area (Å²) in [6.07, 6.45) is 5.29. The summed E-state index contributed by atoms with van der Waals surface area (Å²) in [4.78, 5) is 15.0. The van der Waals surface area contributed by atoms with Crippen LogP contribution in [0.5, 0.6) is 0 Å². The Hall–Kier alpha value is -0.800. The van der Waals surface area contributed by atoms with Gasteiger partial charge in [-0.25, -0.2) is 0 Å². The zero-order chi connectivity index (χ0) is 17.1. The highest BCUT2D eigenvalue weighted by Gasteiger charge is 2.23. The Balaban J connectivity index is 2.72. The molecule has 1 aromatic carbocycles. The third-order valence-electron chi connectivity index (χ3n) is 4.12. The van der Waals surface area contributed by atoms with Gasteiger partial charge >= 0.3 is 0 Å². The van der Waals surface area contributed by atoms with E-state index in [2.05, 4.69) is 57.1 Å². The summed E-state index contributed by atoms with van der Waals surface area (Å²) in [6, 6.07) is 10.5. The molecule has 0 aromatic heterocycles. The molecule has 0 aliphatic carbocycles. The van der Waals surface area contributed by atoms with Crippen molar-refractivity contribution in [3.05, 3.63) is 35.9 Å². The lowest BCUT2D eigenvalue weighted by molar-refractivity contribution is -0.123. The third kappa shape index (κ3) is 8.03. The first-order chi connectivity index (χ1) is 11.1. The van der Waals surface area contributed by atoms with Crippen LogP contribution in [0.25, 0.3) is 0 Å². The Bertz CT molecular complexity index is 433. The maximum Gasteiger partial charge on any atom is 0.138 e. The largest absolute Gasteiger partial charge is 0.309 e. The second-order valence-corrected chi connectivity index (χ2v) is 7.96. The average molecular weight is 336 g/mol. The number of hydrogen-bond acceptors (Lipinski definition) is 3. The van der Waals surface area contributed by atoms with E-state index >= 15 is 0 Å². The number of benzene rings is 1. The fourth-order valence-corrected chi connectivity index (χ4v) is 3.96. The highest BCUT2D eigenvalue weighted by Crippen LogP contribution is 2.33. The van der Waals surface area contributed by atoms with Gasteiger partial charge in [-0.15, -0.1) is 0 Å². The molecule has 1 rings (SSSR count). The Labute approximate surface area is 147 Å². The summed E-state index contributed by atoms with van der Waals surface area (Å²) < 4.78 is 0. The van der Waals surface area contributed by atoms with Crippen LogP contribution in [-0.2, 0) is 4.79 Å². The first-order valence-electron chi connectivity index (χ1n) is 8.92. The van der Waals surface area contributed by atoms with Crippen LogP contribution in [0, 0.1) is 5.92 Å². The van der Waals surface area contributed by atoms with E-state index in [-0.39, 0.29) is 5.92 Å². The van der Waals surface area contributed by atoms with Crippen molar-refractivity contribution in [3.63, 3.8) is 0 Å². The summed E-state index contributed by atoms with van der Waals surface area (Å²) in [5, 5.41) is 0.296. The van der Waals surface area contributed by atoms with Gasteiger partial charge in [0.15, 0.2) is 0 Å². The van der Waals surface area contributed by atoms with Crippen LogP contribution in [0.1, 0.15) is 56.8 Å². The molecule has 0 amide bonds. The van der Waals surface area contributed by atoms with E-state index in [1.807, 2.05) is 17.8 Å². The van der Waals surface area contributed by atoms with Gasteiger partial charge in [-0.2, -0.15) is 11.8 Å². The maximum atomic E-state index is 12.9. The molecule has 0 radical (unpaired) electrons. The molecule has 2 nitrogen and oxygen atoms in total. The quantitative estimate of drug-likeness (QED) is 0.490. The first-order valence-corrected chi connectivity index (χ1v) is 9.97. The van der Waals surface area contributed by atoms with E-state index in [1.165, 1.54) is 18.4 Å². The van der Waals surface area contributed by atoms with Crippen molar-refractivity contribution in [2.45, 2.75) is 51.2 Å². The molecule has 2 atom stereocenters. The Morgan fingerprint density at radius 1 is 1.13 bits per heavy atom. The number of hydrogen-bond donors (Lipinski definition) is 0. The number of carbonyl (C=O) groups is 1. The second kappa shape index (κ2) is 11.7. The smallest absolute Gasteiger partial charge is 0.138 e. The number of carbonyl (C=O) groups excluding carboxylic acids is 1. The van der Waals surface area contributed by atoms with Gasteiger partial charge in [-0.3, -0.25) is 4.79 Å². The Morgan fingerprint density at radius 2 is 1.83 bits per heavy atom. The lowest BCUT2D eigenvalue weighted by Crippen LogP contribution is -2.28. The van der Waals surface area contributed by atoms with Crippen LogP contribution in [0.2, 0.25) is 0 Å². The van der Waals surface area contributed by atoms with Gasteiger partial charge in [-0.05, 0) is 31.8 Å². The molecule has 0 saturated heterocycles. The maximum absolute atomic E-state index is 12.9. The molecular formula is C20H33NOS. The van der Waals surface area contributed by atoms with Gasteiger partial charge < -0.3 is 4.90 Å². The zero-order valence-corrected chi connectivity index (χ0v) is 16.1. The minimum Gasteiger partial charge on any atom is -0.309 e. The molecule has 0 saturated carbocycles. The Morgan fingerprint density at radius 3 is 2.39 bits per heavy atom. The van der Waals surface area contributed by atoms with Gasteiger partial charge in [-0.1, -0.05) is 63.4 Å². The number of ketones is 1. The van der Waals surface area contributed by atoms with Crippen molar-refractivity contribution in [1.29, 1.82) is 0 Å². The van der Waals surface area contributed by atoms with E-state index in [4.69, 9.17) is 0 Å². The minimum absolute atomic E-state index is 0.181. The molecule has 23 heavy (non-hydrogen) atoms. The van der Waals surface area contributed by atoms with Crippen LogP contribution < -0.4 is 0 Å². The highest BCUT2D eigenvalue weighted by atomic mass is 32.2. The Kier molecular flexibility index (Phi) is 10.3. The number of unbranched alkanes of at least 4 members (excludes halogenated alkanes) is 2. The average Bonchev–Trinajstić information content (AvgIpc) is 2.54. The molecule has 3 heteroatoms. The van der Waals surface area contributed by atoms with Gasteiger partial charge in [0, 0.05) is 24.1 Å². The van der Waals surface area contributed by atoms with E-state index in [1.54, 1.807) is 0 Å². The molecular weight excluding hydrogens is 302 g/mol. The summed E-state index contributed by atoms with van der Waals surface area (Å²) in [7, 11) is 4.13. The highest BCUT2D eigenvalue weighted by molar-refractivity contribution is 7.99. The third-order valence-corrected chi connectivity index (χ3v) is 5.30. The number of Topliss-reactive ketones (excluding diaryl/α,β-unsaturated/α-hetero) is 1. The first kappa shape index (κ1) is 20.2. The lowest BCUT2D eigenvalue weighted by atomic mass is 9.92. The van der Waals surface area contributed by atoms with Crippen molar-refractivity contribution < 1.29 is 4.79 Å². The molecule has 130 valence electrons. The van der Waals surface area contributed by atoms with E-state index in [9.17, 15) is 4.79 Å². The van der Waals surface area contributed by atoms with Crippen molar-refractivity contribution in [1.82, 2.24) is 4.90 Å². The fourth-order valence-electron chi connectivity index (χ4n) is 2.93. The molecule has 1 aromatic rings. The van der Waals surface area contributed by atoms with Gasteiger partial charge in [0.1, 0.15) is 5.78 Å². The fraction of sp³-hybridized carbons (Fsp3) is 0.650. The molecule has 0 aliphatic rings. The predicted octanol–water partition coefficient (Wildman–Crippen LogP) is 5.20. The summed E-state index contributed by atoms with van der Waals surface area (Å²) in [6.45, 7) is 5.26. The molecule has 0 fully saturated rings. The molecule has 0 bridgehead atoms. The topological polar surface area (TPSA) is 20.3 Å². The van der Waals surface area contributed by atoms with Gasteiger partial charge in [0.2, 0.25) is 0 Å². The summed E-state index contributed by atoms with van der Waals surface area (Å²) in [5.41, 5.74) is 1.28. The van der Waals surface area contributed by atoms with Crippen molar-refractivity contribution in [3.8, 4) is 0 Å². The van der Waals surface area contributed by atoms with E-state index in [0.29, 0.717) is 17.5 Å². The molecule has 0 N–H and O–H groups in total. The van der Waals surface area contributed by atoms with E-state index in [0.717, 1.165) is 25.1 Å².